The van der Waals surface area contributed by atoms with Gasteiger partial charge >= 0.3 is 0 Å². The highest BCUT2D eigenvalue weighted by molar-refractivity contribution is 6.36. The molecule has 180 valence electrons. The lowest BCUT2D eigenvalue weighted by Gasteiger charge is -2.18. The molecule has 9 heteroatoms. The molecule has 1 atom stereocenters. The van der Waals surface area contributed by atoms with Crippen molar-refractivity contribution < 1.29 is 18.3 Å². The third kappa shape index (κ3) is 4.30. The van der Waals surface area contributed by atoms with Gasteiger partial charge in [-0.25, -0.2) is 9.37 Å². The van der Waals surface area contributed by atoms with Gasteiger partial charge in [0, 0.05) is 41.0 Å². The molecule has 6 nitrogen and oxygen atoms in total. The van der Waals surface area contributed by atoms with Crippen molar-refractivity contribution in [1.82, 2.24) is 9.88 Å². The Hall–Kier alpha value is -3.29. The van der Waals surface area contributed by atoms with E-state index >= 15 is 0 Å². The summed E-state index contributed by atoms with van der Waals surface area (Å²) >= 11 is 12.4. The van der Waals surface area contributed by atoms with Crippen molar-refractivity contribution >= 4 is 45.9 Å². The van der Waals surface area contributed by atoms with Crippen molar-refractivity contribution in [3.8, 4) is 16.9 Å². The first-order valence-electron chi connectivity index (χ1n) is 11.2. The van der Waals surface area contributed by atoms with Gasteiger partial charge in [-0.2, -0.15) is 0 Å². The molecule has 0 bridgehead atoms. The zero-order valence-electron chi connectivity index (χ0n) is 18.9. The standard InChI is InChI=1S/C26H22Cl2FN3O3/c1-14(21-19(27)8-9-20(29)22(21)28)35-24-23-17(12-31-25(24)30)18(13-34-23)15-4-6-16(7-5-15)26(33)32-10-2-3-11-32/h4-9,12-14H,2-3,10-11H2,1H3,(H2,30,31)/t14-/m1/s1. The molecule has 0 saturated carbocycles. The van der Waals surface area contributed by atoms with Crippen LogP contribution < -0.4 is 10.5 Å². The summed E-state index contributed by atoms with van der Waals surface area (Å²) in [6.45, 7) is 3.28. The van der Waals surface area contributed by atoms with Crippen LogP contribution in [0.1, 0.15) is 41.8 Å². The molecule has 2 aromatic carbocycles. The molecule has 0 aliphatic carbocycles. The Morgan fingerprint density at radius 1 is 1.17 bits per heavy atom. The molecule has 0 radical (unpaired) electrons. The maximum atomic E-state index is 14.0. The second-order valence-corrected chi connectivity index (χ2v) is 9.24. The van der Waals surface area contributed by atoms with Crippen LogP contribution in [-0.4, -0.2) is 28.9 Å². The van der Waals surface area contributed by atoms with Gasteiger partial charge in [0.15, 0.2) is 11.4 Å². The van der Waals surface area contributed by atoms with E-state index in [0.29, 0.717) is 22.1 Å². The molecule has 1 fully saturated rings. The molecule has 0 unspecified atom stereocenters. The van der Waals surface area contributed by atoms with Crippen LogP contribution in [0.3, 0.4) is 0 Å². The number of hydrogen-bond acceptors (Lipinski definition) is 5. The third-order valence-electron chi connectivity index (χ3n) is 6.22. The highest BCUT2D eigenvalue weighted by atomic mass is 35.5. The number of halogens is 3. The first kappa shape index (κ1) is 23.5. The van der Waals surface area contributed by atoms with Crippen molar-refractivity contribution in [2.45, 2.75) is 25.9 Å². The fraction of sp³-hybridized carbons (Fsp3) is 0.231. The van der Waals surface area contributed by atoms with Crippen molar-refractivity contribution in [3.05, 3.63) is 75.8 Å². The molecular formula is C26H22Cl2FN3O3. The van der Waals surface area contributed by atoms with E-state index in [1.54, 1.807) is 19.4 Å². The summed E-state index contributed by atoms with van der Waals surface area (Å²) in [5.41, 5.74) is 9.06. The molecule has 5 rings (SSSR count). The molecule has 4 aromatic rings. The van der Waals surface area contributed by atoms with Gasteiger partial charge in [0.1, 0.15) is 11.9 Å². The number of nitrogens with zero attached hydrogens (tertiary/aromatic N) is 2. The van der Waals surface area contributed by atoms with Crippen LogP contribution in [-0.2, 0) is 0 Å². The van der Waals surface area contributed by atoms with E-state index in [-0.39, 0.29) is 27.5 Å². The van der Waals surface area contributed by atoms with Crippen molar-refractivity contribution in [2.75, 3.05) is 18.8 Å². The first-order chi connectivity index (χ1) is 16.8. The van der Waals surface area contributed by atoms with Gasteiger partial charge in [0.2, 0.25) is 5.75 Å². The van der Waals surface area contributed by atoms with Crippen LogP contribution in [0.5, 0.6) is 5.75 Å². The maximum absolute atomic E-state index is 14.0. The van der Waals surface area contributed by atoms with Crippen molar-refractivity contribution in [1.29, 1.82) is 0 Å². The number of fused-ring (bicyclic) bond motifs is 1. The zero-order chi connectivity index (χ0) is 24.7. The van der Waals surface area contributed by atoms with Gasteiger partial charge in [-0.15, -0.1) is 0 Å². The summed E-state index contributed by atoms with van der Waals surface area (Å²) in [7, 11) is 0. The number of furan rings is 1. The summed E-state index contributed by atoms with van der Waals surface area (Å²) in [4.78, 5) is 18.8. The molecule has 1 amide bonds. The predicted molar refractivity (Wildman–Crippen MR) is 134 cm³/mol. The van der Waals surface area contributed by atoms with E-state index in [2.05, 4.69) is 4.98 Å². The van der Waals surface area contributed by atoms with Gasteiger partial charge in [0.25, 0.3) is 5.91 Å². The Bertz CT molecular complexity index is 1420. The molecule has 1 saturated heterocycles. The number of hydrogen-bond donors (Lipinski definition) is 1. The number of rotatable bonds is 5. The smallest absolute Gasteiger partial charge is 0.253 e. The highest BCUT2D eigenvalue weighted by Gasteiger charge is 2.24. The minimum absolute atomic E-state index is 0.0416. The highest BCUT2D eigenvalue weighted by Crippen LogP contribution is 2.41. The van der Waals surface area contributed by atoms with E-state index in [9.17, 15) is 9.18 Å². The molecule has 2 aromatic heterocycles. The number of nitrogen functional groups attached to an aromatic ring is 1. The van der Waals surface area contributed by atoms with Crippen LogP contribution in [0.4, 0.5) is 10.2 Å². The lowest BCUT2D eigenvalue weighted by Crippen LogP contribution is -2.27. The van der Waals surface area contributed by atoms with Crippen LogP contribution in [0, 0.1) is 5.82 Å². The average molecular weight is 514 g/mol. The van der Waals surface area contributed by atoms with Crippen LogP contribution in [0.15, 0.2) is 53.3 Å². The normalized spacial score (nSPS) is 14.5. The summed E-state index contributed by atoms with van der Waals surface area (Å²) in [5.74, 6) is -0.239. The molecule has 1 aliphatic rings. The lowest BCUT2D eigenvalue weighted by molar-refractivity contribution is 0.0793. The number of carbonyl (C=O) groups is 1. The molecule has 0 spiro atoms. The van der Waals surface area contributed by atoms with Crippen molar-refractivity contribution in [3.63, 3.8) is 0 Å². The summed E-state index contributed by atoms with van der Waals surface area (Å²) in [5, 5.41) is 0.829. The molecular weight excluding hydrogens is 492 g/mol. The van der Waals surface area contributed by atoms with E-state index in [0.717, 1.165) is 37.1 Å². The largest absolute Gasteiger partial charge is 0.478 e. The summed E-state index contributed by atoms with van der Waals surface area (Å²) in [6, 6.07) is 9.99. The Labute approximate surface area is 211 Å². The fourth-order valence-corrected chi connectivity index (χ4v) is 5.04. The van der Waals surface area contributed by atoms with Gasteiger partial charge in [-0.05, 0) is 49.6 Å². The minimum atomic E-state index is -0.732. The number of pyridine rings is 1. The number of benzene rings is 2. The molecule has 35 heavy (non-hydrogen) atoms. The van der Waals surface area contributed by atoms with E-state index < -0.39 is 11.9 Å². The van der Waals surface area contributed by atoms with Gasteiger partial charge in [-0.1, -0.05) is 35.3 Å². The Kier molecular flexibility index (Phi) is 6.30. The quantitative estimate of drug-likeness (QED) is 0.293. The predicted octanol–water partition coefficient (Wildman–Crippen LogP) is 6.90. The number of aromatic nitrogens is 1. The number of likely N-dealkylation sites (tertiary alicyclic amines) is 1. The SMILES string of the molecule is C[C@@H](Oc1c(N)ncc2c(-c3ccc(C(=O)N4CCCC4)cc3)coc12)c1c(Cl)ccc(F)c1Cl. The Morgan fingerprint density at radius 2 is 1.89 bits per heavy atom. The molecule has 2 N–H and O–H groups in total. The topological polar surface area (TPSA) is 81.6 Å². The van der Waals surface area contributed by atoms with E-state index in [4.69, 9.17) is 38.1 Å². The lowest BCUT2D eigenvalue weighted by atomic mass is 10.0. The molecule has 1 aliphatic heterocycles. The van der Waals surface area contributed by atoms with E-state index in [1.165, 1.54) is 12.1 Å². The Morgan fingerprint density at radius 3 is 2.60 bits per heavy atom. The van der Waals surface area contributed by atoms with Gasteiger partial charge in [-0.3, -0.25) is 4.79 Å². The van der Waals surface area contributed by atoms with Gasteiger partial charge in [0.05, 0.1) is 16.7 Å². The zero-order valence-corrected chi connectivity index (χ0v) is 20.4. The minimum Gasteiger partial charge on any atom is -0.478 e. The van der Waals surface area contributed by atoms with Crippen LogP contribution >= 0.6 is 23.2 Å². The number of anilines is 1. The summed E-state index contributed by atoms with van der Waals surface area (Å²) in [6.07, 6.45) is 4.54. The second kappa shape index (κ2) is 9.40. The number of nitrogens with two attached hydrogens (primary N) is 1. The van der Waals surface area contributed by atoms with Gasteiger partial charge < -0.3 is 19.8 Å². The number of carbonyl (C=O) groups excluding carboxylic acids is 1. The number of amides is 1. The monoisotopic (exact) mass is 513 g/mol. The Balaban J connectivity index is 1.46. The van der Waals surface area contributed by atoms with Crippen LogP contribution in [0.25, 0.3) is 22.1 Å². The number of ether oxygens (including phenoxy) is 1. The average Bonchev–Trinajstić information content (AvgIpc) is 3.54. The second-order valence-electron chi connectivity index (χ2n) is 8.46. The maximum Gasteiger partial charge on any atom is 0.253 e. The summed E-state index contributed by atoms with van der Waals surface area (Å²) < 4.78 is 25.9. The van der Waals surface area contributed by atoms with E-state index in [1.807, 2.05) is 29.2 Å². The third-order valence-corrected chi connectivity index (χ3v) is 6.93. The van der Waals surface area contributed by atoms with Crippen molar-refractivity contribution in [2.24, 2.45) is 0 Å². The van der Waals surface area contributed by atoms with Crippen LogP contribution in [0.2, 0.25) is 10.0 Å². The molecule has 3 heterocycles. The fourth-order valence-electron chi connectivity index (χ4n) is 4.36. The first-order valence-corrected chi connectivity index (χ1v) is 12.0.